The molecular formula is C12H19NO3. The summed E-state index contributed by atoms with van der Waals surface area (Å²) >= 11 is 0. The molecule has 0 spiro atoms. The molecule has 2 N–H and O–H groups in total. The van der Waals surface area contributed by atoms with Gasteiger partial charge in [0.2, 0.25) is 5.91 Å². The number of carbonyl (C=O) groups excluding carboxylic acids is 1. The van der Waals surface area contributed by atoms with E-state index in [-0.39, 0.29) is 18.4 Å². The van der Waals surface area contributed by atoms with Crippen LogP contribution in [-0.4, -0.2) is 23.0 Å². The molecule has 0 heterocycles. The molecule has 1 amide bonds. The van der Waals surface area contributed by atoms with Crippen molar-refractivity contribution in [1.29, 1.82) is 0 Å². The molecule has 0 bridgehead atoms. The highest BCUT2D eigenvalue weighted by Gasteiger charge is 2.30. The van der Waals surface area contributed by atoms with Crippen molar-refractivity contribution in [2.24, 2.45) is 5.92 Å². The van der Waals surface area contributed by atoms with Crippen LogP contribution in [0.1, 0.15) is 38.5 Å². The fraction of sp³-hybridized carbons (Fsp3) is 0.667. The van der Waals surface area contributed by atoms with E-state index in [1.54, 1.807) is 0 Å². The molecule has 0 saturated heterocycles. The molecule has 1 rings (SSSR count). The Bertz CT molecular complexity index is 275. The van der Waals surface area contributed by atoms with Crippen molar-refractivity contribution in [3.05, 3.63) is 12.7 Å². The lowest BCUT2D eigenvalue weighted by molar-refractivity contribution is -0.143. The third kappa shape index (κ3) is 3.68. The van der Waals surface area contributed by atoms with Crippen molar-refractivity contribution in [3.8, 4) is 0 Å². The van der Waals surface area contributed by atoms with E-state index in [0.717, 1.165) is 25.7 Å². The summed E-state index contributed by atoms with van der Waals surface area (Å²) in [4.78, 5) is 22.5. The van der Waals surface area contributed by atoms with Gasteiger partial charge in [-0.2, -0.15) is 0 Å². The number of rotatable bonds is 4. The highest BCUT2D eigenvalue weighted by molar-refractivity contribution is 5.79. The smallest absolute Gasteiger partial charge is 0.308 e. The maximum atomic E-state index is 11.4. The lowest BCUT2D eigenvalue weighted by Crippen LogP contribution is -2.42. The standard InChI is InChI=1S/C12H19NO3/c1-2-6-11(14)13-10-8-5-3-4-7-9(10)12(15)16/h2,9-10H,1,3-8H2,(H,13,14)(H,15,16). The first-order valence-corrected chi connectivity index (χ1v) is 5.78. The first kappa shape index (κ1) is 12.7. The summed E-state index contributed by atoms with van der Waals surface area (Å²) in [6.45, 7) is 3.49. The van der Waals surface area contributed by atoms with Crippen LogP contribution in [0, 0.1) is 5.92 Å². The zero-order chi connectivity index (χ0) is 12.0. The largest absolute Gasteiger partial charge is 0.481 e. The molecule has 2 atom stereocenters. The first-order chi connectivity index (χ1) is 7.65. The van der Waals surface area contributed by atoms with Crippen LogP contribution in [-0.2, 0) is 9.59 Å². The molecule has 0 aromatic carbocycles. The molecule has 1 aliphatic carbocycles. The minimum atomic E-state index is -0.800. The maximum absolute atomic E-state index is 11.4. The number of carboxylic acid groups (broad SMARTS) is 1. The van der Waals surface area contributed by atoms with E-state index in [9.17, 15) is 9.59 Å². The van der Waals surface area contributed by atoms with Gasteiger partial charge in [0.25, 0.3) is 0 Å². The van der Waals surface area contributed by atoms with Crippen molar-refractivity contribution in [3.63, 3.8) is 0 Å². The second-order valence-electron chi connectivity index (χ2n) is 4.25. The lowest BCUT2D eigenvalue weighted by Gasteiger charge is -2.22. The minimum absolute atomic E-state index is 0.131. The number of carboxylic acids is 1. The normalized spacial score (nSPS) is 25.5. The van der Waals surface area contributed by atoms with Gasteiger partial charge in [0.15, 0.2) is 0 Å². The fourth-order valence-corrected chi connectivity index (χ4v) is 2.17. The number of aliphatic carboxylic acids is 1. The summed E-state index contributed by atoms with van der Waals surface area (Å²) in [5.41, 5.74) is 0. The lowest BCUT2D eigenvalue weighted by atomic mass is 9.95. The summed E-state index contributed by atoms with van der Waals surface area (Å²) in [6.07, 6.45) is 6.18. The van der Waals surface area contributed by atoms with E-state index < -0.39 is 11.9 Å². The molecule has 2 unspecified atom stereocenters. The van der Waals surface area contributed by atoms with Crippen LogP contribution in [0.3, 0.4) is 0 Å². The maximum Gasteiger partial charge on any atom is 0.308 e. The first-order valence-electron chi connectivity index (χ1n) is 5.78. The van der Waals surface area contributed by atoms with Gasteiger partial charge in [0.1, 0.15) is 0 Å². The predicted octanol–water partition coefficient (Wildman–Crippen LogP) is 1.71. The van der Waals surface area contributed by atoms with Crippen molar-refractivity contribution >= 4 is 11.9 Å². The Morgan fingerprint density at radius 1 is 1.31 bits per heavy atom. The van der Waals surface area contributed by atoms with Crippen molar-refractivity contribution in [2.45, 2.75) is 44.6 Å². The summed E-state index contributed by atoms with van der Waals surface area (Å²) in [6, 6.07) is -0.215. The van der Waals surface area contributed by atoms with Gasteiger partial charge < -0.3 is 10.4 Å². The molecule has 16 heavy (non-hydrogen) atoms. The van der Waals surface area contributed by atoms with Crippen molar-refractivity contribution < 1.29 is 14.7 Å². The number of nitrogens with one attached hydrogen (secondary N) is 1. The van der Waals surface area contributed by atoms with E-state index >= 15 is 0 Å². The summed E-state index contributed by atoms with van der Waals surface area (Å²) in [5.74, 6) is -1.37. The second-order valence-corrected chi connectivity index (χ2v) is 4.25. The minimum Gasteiger partial charge on any atom is -0.481 e. The molecule has 4 heteroatoms. The van der Waals surface area contributed by atoms with Gasteiger partial charge in [-0.3, -0.25) is 9.59 Å². The molecule has 90 valence electrons. The van der Waals surface area contributed by atoms with Crippen LogP contribution in [0.25, 0.3) is 0 Å². The van der Waals surface area contributed by atoms with Crippen molar-refractivity contribution in [2.75, 3.05) is 0 Å². The summed E-state index contributed by atoms with van der Waals surface area (Å²) < 4.78 is 0. The Kier molecular flexibility index (Phi) is 5.02. The number of carbonyl (C=O) groups is 2. The summed E-state index contributed by atoms with van der Waals surface area (Å²) in [5, 5.41) is 11.9. The Morgan fingerprint density at radius 2 is 2.00 bits per heavy atom. The van der Waals surface area contributed by atoms with Crippen LogP contribution < -0.4 is 5.32 Å². The number of hydrogen-bond acceptors (Lipinski definition) is 2. The number of amides is 1. The van der Waals surface area contributed by atoms with Crippen LogP contribution in [0.2, 0.25) is 0 Å². The van der Waals surface area contributed by atoms with E-state index in [1.807, 2.05) is 0 Å². The van der Waals surface area contributed by atoms with Crippen LogP contribution >= 0.6 is 0 Å². The van der Waals surface area contributed by atoms with Gasteiger partial charge in [-0.1, -0.05) is 25.3 Å². The highest BCUT2D eigenvalue weighted by Crippen LogP contribution is 2.23. The second kappa shape index (κ2) is 6.30. The van der Waals surface area contributed by atoms with Crippen LogP contribution in [0.4, 0.5) is 0 Å². The molecule has 0 radical (unpaired) electrons. The van der Waals surface area contributed by atoms with Crippen LogP contribution in [0.15, 0.2) is 12.7 Å². The van der Waals surface area contributed by atoms with Gasteiger partial charge in [-0.25, -0.2) is 0 Å². The quantitative estimate of drug-likeness (QED) is 0.565. The zero-order valence-corrected chi connectivity index (χ0v) is 9.45. The molecule has 1 aliphatic rings. The monoisotopic (exact) mass is 225 g/mol. The Balaban J connectivity index is 2.60. The van der Waals surface area contributed by atoms with Gasteiger partial charge in [0.05, 0.1) is 5.92 Å². The molecule has 0 aliphatic heterocycles. The van der Waals surface area contributed by atoms with Crippen LogP contribution in [0.5, 0.6) is 0 Å². The molecule has 1 saturated carbocycles. The van der Waals surface area contributed by atoms with E-state index in [2.05, 4.69) is 11.9 Å². The van der Waals surface area contributed by atoms with Crippen molar-refractivity contribution in [1.82, 2.24) is 5.32 Å². The molecule has 0 aromatic heterocycles. The van der Waals surface area contributed by atoms with Gasteiger partial charge in [0, 0.05) is 12.5 Å². The Labute approximate surface area is 95.7 Å². The molecule has 0 aromatic rings. The van der Waals surface area contributed by atoms with Gasteiger partial charge in [-0.15, -0.1) is 6.58 Å². The average molecular weight is 225 g/mol. The van der Waals surface area contributed by atoms with Gasteiger partial charge in [-0.05, 0) is 12.8 Å². The van der Waals surface area contributed by atoms with Gasteiger partial charge >= 0.3 is 5.97 Å². The molecule has 4 nitrogen and oxygen atoms in total. The summed E-state index contributed by atoms with van der Waals surface area (Å²) in [7, 11) is 0. The zero-order valence-electron chi connectivity index (χ0n) is 9.45. The third-order valence-electron chi connectivity index (χ3n) is 3.01. The fourth-order valence-electron chi connectivity index (χ4n) is 2.17. The van der Waals surface area contributed by atoms with E-state index in [1.165, 1.54) is 6.08 Å². The Hall–Kier alpha value is -1.32. The van der Waals surface area contributed by atoms with E-state index in [0.29, 0.717) is 6.42 Å². The number of hydrogen-bond donors (Lipinski definition) is 2. The molecular weight excluding hydrogens is 206 g/mol. The molecule has 1 fully saturated rings. The topological polar surface area (TPSA) is 66.4 Å². The average Bonchev–Trinajstić information content (AvgIpc) is 2.43. The van der Waals surface area contributed by atoms with E-state index in [4.69, 9.17) is 5.11 Å². The highest BCUT2D eigenvalue weighted by atomic mass is 16.4. The Morgan fingerprint density at radius 3 is 2.62 bits per heavy atom. The predicted molar refractivity (Wildman–Crippen MR) is 61.0 cm³/mol. The third-order valence-corrected chi connectivity index (χ3v) is 3.01. The SMILES string of the molecule is C=CCC(=O)NC1CCCCCC1C(=O)O.